The fourth-order valence-corrected chi connectivity index (χ4v) is 9.59. The summed E-state index contributed by atoms with van der Waals surface area (Å²) in [5, 5.41) is 86.0. The number of phenolic OH excluding ortho intramolecular Hbond substituents is 1. The van der Waals surface area contributed by atoms with E-state index in [1.165, 1.54) is 50.6 Å². The van der Waals surface area contributed by atoms with Crippen LogP contribution in [0.5, 0.6) is 5.75 Å². The number of phenols is 1. The lowest BCUT2D eigenvalue weighted by atomic mass is 9.97. The predicted molar refractivity (Wildman–Crippen MR) is 353 cm³/mol. The molecule has 1 aromatic heterocycles. The molecular formula is C62H99N17O21. The van der Waals surface area contributed by atoms with Crippen LogP contribution in [0.1, 0.15) is 124 Å². The number of imidazole rings is 1. The van der Waals surface area contributed by atoms with Crippen LogP contribution in [0.4, 0.5) is 0 Å². The summed E-state index contributed by atoms with van der Waals surface area (Å²) >= 11 is 0. The number of carbonyl (C=O) groups is 15. The van der Waals surface area contributed by atoms with Crippen LogP contribution in [0.15, 0.2) is 36.8 Å². The third-order valence-corrected chi connectivity index (χ3v) is 15.7. The van der Waals surface area contributed by atoms with Crippen LogP contribution in [0.2, 0.25) is 0 Å². The number of aliphatic carboxylic acids is 2. The van der Waals surface area contributed by atoms with E-state index in [1.807, 2.05) is 0 Å². The zero-order valence-electron chi connectivity index (χ0n) is 56.9. The van der Waals surface area contributed by atoms with Gasteiger partial charge in [0.05, 0.1) is 38.1 Å². The number of nitrogens with two attached hydrogens (primary N) is 4. The van der Waals surface area contributed by atoms with Gasteiger partial charge in [-0.3, -0.25) is 67.1 Å². The number of nitrogens with one attached hydrogen (secondary N) is 12. The molecule has 0 aliphatic rings. The van der Waals surface area contributed by atoms with Crippen molar-refractivity contribution < 1.29 is 103 Å². The van der Waals surface area contributed by atoms with E-state index in [1.54, 1.807) is 34.6 Å². The number of primary amides is 2. The maximum absolute atomic E-state index is 14.5. The number of aromatic hydroxyl groups is 1. The molecule has 38 nitrogen and oxygen atoms in total. The molecule has 100 heavy (non-hydrogen) atoms. The molecule has 0 saturated carbocycles. The number of amides is 13. The molecule has 0 aliphatic heterocycles. The van der Waals surface area contributed by atoms with Crippen molar-refractivity contribution in [2.45, 2.75) is 204 Å². The van der Waals surface area contributed by atoms with Crippen LogP contribution in [-0.2, 0) is 84.8 Å². The number of carboxylic acids is 2. The van der Waals surface area contributed by atoms with Gasteiger partial charge in [0.25, 0.3) is 0 Å². The average molecular weight is 1420 g/mol. The second-order valence-electron chi connectivity index (χ2n) is 24.8. The first-order valence-corrected chi connectivity index (χ1v) is 32.4. The minimum absolute atomic E-state index is 0.0533. The van der Waals surface area contributed by atoms with Gasteiger partial charge in [-0.25, -0.2) is 9.78 Å². The van der Waals surface area contributed by atoms with Gasteiger partial charge in [-0.15, -0.1) is 0 Å². The summed E-state index contributed by atoms with van der Waals surface area (Å²) in [4.78, 5) is 208. The number of nitrogens with zero attached hydrogens (tertiary/aromatic N) is 1. The maximum atomic E-state index is 14.5. The molecule has 558 valence electrons. The highest BCUT2D eigenvalue weighted by molar-refractivity contribution is 6.00. The second-order valence-corrected chi connectivity index (χ2v) is 24.8. The molecule has 26 N–H and O–H groups in total. The minimum atomic E-state index is -1.96. The molecule has 1 aromatic carbocycles. The van der Waals surface area contributed by atoms with E-state index in [0.29, 0.717) is 17.7 Å². The summed E-state index contributed by atoms with van der Waals surface area (Å²) in [6.07, 6.45) is -2.56. The Morgan fingerprint density at radius 1 is 0.510 bits per heavy atom. The van der Waals surface area contributed by atoms with Crippen molar-refractivity contribution in [1.82, 2.24) is 68.5 Å². The van der Waals surface area contributed by atoms with Crippen LogP contribution in [0.3, 0.4) is 0 Å². The van der Waals surface area contributed by atoms with Gasteiger partial charge < -0.3 is 117 Å². The molecule has 0 fully saturated rings. The first-order chi connectivity index (χ1) is 47.0. The molecule has 2 aromatic rings. The third-order valence-electron chi connectivity index (χ3n) is 15.7. The number of aliphatic hydroxyl groups excluding tert-OH is 3. The zero-order valence-corrected chi connectivity index (χ0v) is 56.9. The second kappa shape index (κ2) is 43.5. The molecule has 13 amide bonds. The van der Waals surface area contributed by atoms with E-state index >= 15 is 0 Å². The van der Waals surface area contributed by atoms with Crippen molar-refractivity contribution >= 4 is 88.7 Å². The summed E-state index contributed by atoms with van der Waals surface area (Å²) in [6.45, 7) is 8.80. The first kappa shape index (κ1) is 86.2. The zero-order chi connectivity index (χ0) is 75.7. The summed E-state index contributed by atoms with van der Waals surface area (Å²) in [5.41, 5.74) is 23.2. The summed E-state index contributed by atoms with van der Waals surface area (Å²) in [6, 6.07) is -14.6. The quantitative estimate of drug-likeness (QED) is 0.0274. The molecule has 0 spiro atoms. The summed E-state index contributed by atoms with van der Waals surface area (Å²) in [7, 11) is 0. The van der Waals surface area contributed by atoms with Crippen molar-refractivity contribution in [3.8, 4) is 5.75 Å². The Kier molecular flexibility index (Phi) is 37.5. The minimum Gasteiger partial charge on any atom is -0.508 e. The van der Waals surface area contributed by atoms with Crippen LogP contribution < -0.4 is 81.4 Å². The van der Waals surface area contributed by atoms with Gasteiger partial charge in [-0.1, -0.05) is 60.1 Å². The highest BCUT2D eigenvalue weighted by Crippen LogP contribution is 2.15. The fourth-order valence-electron chi connectivity index (χ4n) is 9.59. The van der Waals surface area contributed by atoms with E-state index in [9.17, 15) is 103 Å². The van der Waals surface area contributed by atoms with Crippen molar-refractivity contribution in [3.63, 3.8) is 0 Å². The molecule has 2 rings (SSSR count). The number of carbonyl (C=O) groups excluding carboxylic acids is 13. The van der Waals surface area contributed by atoms with Crippen LogP contribution in [-0.4, -0.2) is 228 Å². The average Bonchev–Trinajstić information content (AvgIpc) is 0.976. The normalized spacial score (nSPS) is 15.4. The van der Waals surface area contributed by atoms with Gasteiger partial charge in [0.15, 0.2) is 0 Å². The summed E-state index contributed by atoms with van der Waals surface area (Å²) in [5.74, 6) is -19.1. The smallest absolute Gasteiger partial charge is 0.326 e. The molecule has 0 saturated heterocycles. The highest BCUT2D eigenvalue weighted by atomic mass is 16.4. The third kappa shape index (κ3) is 30.5. The Hall–Kier alpha value is -9.92. The molecule has 0 bridgehead atoms. The van der Waals surface area contributed by atoms with E-state index in [0.717, 1.165) is 0 Å². The number of H-pyrrole nitrogens is 1. The van der Waals surface area contributed by atoms with Gasteiger partial charge in [-0.2, -0.15) is 0 Å². The number of benzene rings is 1. The number of aromatic amines is 1. The standard InChI is InChI=1S/C62H99N17O21/c1-8-31(6)49(60(97)77-44(27-81)57(94)70-37(16-18-45(64)84)52(89)76-43(26-80)58(95)75-42(62(99)100)22-33-12-14-35(83)15-13-33)78-53(90)38(17-19-47(86)87)69-56(93)41(24-46(65)85)74-54(91)39(21-29(2)3)72-55(92)40(23-34-25-67-28-68-34)73-51(88)36(11-9-10-20-63)71-61(98)50(32(7)82)79-59(96)48(66)30(4)5/h12-15,25,28-32,36-44,48-50,80-83H,8-11,16-24,26-27,63,66H2,1-7H3,(H2,64,84)(H2,65,85)(H,67,68)(H,69,93)(H,70,94)(H,71,98)(H,72,92)(H,73,88)(H,74,91)(H,75,95)(H,76,89)(H,77,97)(H,78,90)(H,79,96)(H,86,87)(H,99,100)/t31-,32+,36-,37-,38-,39-,40-,41-,42-,43-,44-,48-,49-,50-/m0/s1. The topological polar surface area (TPSA) is 643 Å². The number of aliphatic hydroxyl groups is 3. The Morgan fingerprint density at radius 2 is 0.950 bits per heavy atom. The van der Waals surface area contributed by atoms with Gasteiger partial charge in [-0.05, 0) is 87.4 Å². The van der Waals surface area contributed by atoms with Crippen molar-refractivity contribution in [2.75, 3.05) is 19.8 Å². The number of aromatic nitrogens is 2. The molecular weight excluding hydrogens is 1320 g/mol. The van der Waals surface area contributed by atoms with Crippen molar-refractivity contribution in [1.29, 1.82) is 0 Å². The van der Waals surface area contributed by atoms with Crippen molar-refractivity contribution in [3.05, 3.63) is 48.0 Å². The van der Waals surface area contributed by atoms with E-state index < -0.39 is 224 Å². The Labute approximate surface area is 576 Å². The SMILES string of the molecule is CC[C@H](C)[C@H](NC(=O)[C@H](CCC(=O)O)NC(=O)[C@H](CC(N)=O)NC(=O)[C@H](CC(C)C)NC(=O)[C@H](Cc1cnc[nH]1)NC(=O)[C@H](CCCCN)NC(=O)[C@@H](NC(=O)[C@@H](N)C(C)C)[C@@H](C)O)C(=O)N[C@@H](CO)C(=O)N[C@@H](CCC(N)=O)C(=O)N[C@@H](CO)C(=O)N[C@@H](Cc1ccc(O)cc1)C(=O)O. The first-order valence-electron chi connectivity index (χ1n) is 32.4. The largest absolute Gasteiger partial charge is 0.508 e. The van der Waals surface area contributed by atoms with Gasteiger partial charge in [0, 0.05) is 37.6 Å². The molecule has 14 atom stereocenters. The van der Waals surface area contributed by atoms with E-state index in [2.05, 4.69) is 68.5 Å². The van der Waals surface area contributed by atoms with E-state index in [-0.39, 0.29) is 56.7 Å². The Morgan fingerprint density at radius 3 is 1.43 bits per heavy atom. The molecule has 38 heteroatoms. The number of carboxylic acid groups (broad SMARTS) is 2. The lowest BCUT2D eigenvalue weighted by Gasteiger charge is -2.29. The Balaban J connectivity index is 2.46. The maximum Gasteiger partial charge on any atom is 0.326 e. The van der Waals surface area contributed by atoms with E-state index in [4.69, 9.17) is 22.9 Å². The number of hydrogen-bond acceptors (Lipinski definition) is 22. The van der Waals surface area contributed by atoms with Crippen LogP contribution >= 0.6 is 0 Å². The predicted octanol–water partition coefficient (Wildman–Crippen LogP) is -7.11. The van der Waals surface area contributed by atoms with Crippen LogP contribution in [0, 0.1) is 17.8 Å². The number of unbranched alkanes of at least 4 members (excludes halogenated alkanes) is 1. The molecule has 0 unspecified atom stereocenters. The molecule has 1 heterocycles. The van der Waals surface area contributed by atoms with Crippen LogP contribution in [0.25, 0.3) is 0 Å². The lowest BCUT2D eigenvalue weighted by molar-refractivity contribution is -0.142. The highest BCUT2D eigenvalue weighted by Gasteiger charge is 2.39. The number of hydrogen-bond donors (Lipinski definition) is 22. The lowest BCUT2D eigenvalue weighted by Crippen LogP contribution is -2.62. The number of rotatable bonds is 47. The molecule has 0 radical (unpaired) electrons. The van der Waals surface area contributed by atoms with Gasteiger partial charge in [0.1, 0.15) is 72.2 Å². The summed E-state index contributed by atoms with van der Waals surface area (Å²) < 4.78 is 0. The fraction of sp³-hybridized carbons (Fsp3) is 0.613. The van der Waals surface area contributed by atoms with Gasteiger partial charge >= 0.3 is 11.9 Å². The molecule has 0 aliphatic carbocycles. The van der Waals surface area contributed by atoms with Crippen molar-refractivity contribution in [2.24, 2.45) is 40.7 Å². The van der Waals surface area contributed by atoms with Gasteiger partial charge in [0.2, 0.25) is 76.8 Å². The monoisotopic (exact) mass is 1420 g/mol. The Bertz CT molecular complexity index is 3100.